The Hall–Kier alpha value is -1.55. The summed E-state index contributed by atoms with van der Waals surface area (Å²) in [5.74, 6) is 1.03. The molecule has 0 aromatic carbocycles. The molecule has 84 valence electrons. The maximum atomic E-state index is 5.49. The summed E-state index contributed by atoms with van der Waals surface area (Å²) >= 11 is 0. The largest absolute Gasteiger partial charge is 0.468 e. The summed E-state index contributed by atoms with van der Waals surface area (Å²) in [5.41, 5.74) is 1.21. The smallest absolute Gasteiger partial charge is 0.122 e. The van der Waals surface area contributed by atoms with Gasteiger partial charge in [-0.25, -0.2) is 0 Å². The van der Waals surface area contributed by atoms with Gasteiger partial charge in [-0.2, -0.15) is 5.10 Å². The first-order valence-corrected chi connectivity index (χ1v) is 5.68. The summed E-state index contributed by atoms with van der Waals surface area (Å²) in [6.07, 6.45) is 8.11. The van der Waals surface area contributed by atoms with Crippen molar-refractivity contribution in [1.82, 2.24) is 15.1 Å². The van der Waals surface area contributed by atoms with E-state index in [1.54, 1.807) is 12.5 Å². The highest BCUT2D eigenvalue weighted by atomic mass is 16.3. The summed E-state index contributed by atoms with van der Waals surface area (Å²) in [6, 6.07) is 4.66. The first-order chi connectivity index (χ1) is 7.92. The zero-order valence-electron chi connectivity index (χ0n) is 9.10. The summed E-state index contributed by atoms with van der Waals surface area (Å²) in [5, 5.41) is 7.65. The van der Waals surface area contributed by atoms with E-state index in [-0.39, 0.29) is 0 Å². The maximum absolute atomic E-state index is 5.49. The van der Waals surface area contributed by atoms with Crippen LogP contribution in [0.25, 0.3) is 0 Å². The topological polar surface area (TPSA) is 43.0 Å². The van der Waals surface area contributed by atoms with E-state index in [0.29, 0.717) is 6.04 Å². The molecule has 0 saturated heterocycles. The molecule has 0 radical (unpaired) electrons. The third kappa shape index (κ3) is 2.17. The average molecular weight is 217 g/mol. The Kier molecular flexibility index (Phi) is 2.50. The fraction of sp³-hybridized carbons (Fsp3) is 0.417. The summed E-state index contributed by atoms with van der Waals surface area (Å²) in [6.45, 7) is 1.61. The van der Waals surface area contributed by atoms with Crippen LogP contribution in [-0.2, 0) is 13.1 Å². The van der Waals surface area contributed by atoms with Crippen molar-refractivity contribution in [2.75, 3.05) is 0 Å². The molecule has 1 saturated carbocycles. The second-order valence-electron chi connectivity index (χ2n) is 4.23. The molecule has 2 aromatic rings. The van der Waals surface area contributed by atoms with Crippen molar-refractivity contribution in [2.24, 2.45) is 0 Å². The molecule has 1 N–H and O–H groups in total. The molecular weight excluding hydrogens is 202 g/mol. The van der Waals surface area contributed by atoms with Crippen LogP contribution in [0.15, 0.2) is 35.2 Å². The van der Waals surface area contributed by atoms with Crippen LogP contribution in [0, 0.1) is 0 Å². The second kappa shape index (κ2) is 4.14. The molecule has 2 heterocycles. The first-order valence-electron chi connectivity index (χ1n) is 5.68. The van der Waals surface area contributed by atoms with Gasteiger partial charge in [-0.1, -0.05) is 0 Å². The average Bonchev–Trinajstić information content (AvgIpc) is 2.79. The molecule has 1 fully saturated rings. The quantitative estimate of drug-likeness (QED) is 0.830. The normalized spacial score (nSPS) is 15.5. The Morgan fingerprint density at radius 1 is 1.50 bits per heavy atom. The lowest BCUT2D eigenvalue weighted by Gasteiger charge is -2.04. The number of nitrogens with zero attached hydrogens (tertiary/aromatic N) is 2. The van der Waals surface area contributed by atoms with Crippen molar-refractivity contribution >= 4 is 0 Å². The molecule has 4 nitrogen and oxygen atoms in total. The van der Waals surface area contributed by atoms with E-state index >= 15 is 0 Å². The van der Waals surface area contributed by atoms with Gasteiger partial charge in [-0.15, -0.1) is 0 Å². The van der Waals surface area contributed by atoms with Gasteiger partial charge in [0.2, 0.25) is 0 Å². The fourth-order valence-corrected chi connectivity index (χ4v) is 1.76. The Bertz CT molecular complexity index is 443. The highest BCUT2D eigenvalue weighted by Crippen LogP contribution is 2.20. The molecule has 2 aromatic heterocycles. The number of nitrogens with one attached hydrogen (secondary N) is 1. The number of rotatable bonds is 5. The number of furan rings is 1. The standard InChI is InChI=1S/C12H15N3O/c1-5-14-15(6-1)9-10-4-7-16-12(10)8-13-11-2-3-11/h1,4-7,11,13H,2-3,8-9H2. The Morgan fingerprint density at radius 2 is 2.44 bits per heavy atom. The van der Waals surface area contributed by atoms with Gasteiger partial charge in [0.15, 0.2) is 0 Å². The van der Waals surface area contributed by atoms with Crippen molar-refractivity contribution in [3.8, 4) is 0 Å². The molecule has 0 unspecified atom stereocenters. The van der Waals surface area contributed by atoms with Crippen molar-refractivity contribution < 1.29 is 4.42 Å². The highest BCUT2D eigenvalue weighted by molar-refractivity contribution is 5.17. The van der Waals surface area contributed by atoms with Gasteiger partial charge in [0.05, 0.1) is 19.4 Å². The molecule has 0 spiro atoms. The van der Waals surface area contributed by atoms with Crippen molar-refractivity contribution in [3.05, 3.63) is 42.1 Å². The van der Waals surface area contributed by atoms with Gasteiger partial charge in [0.25, 0.3) is 0 Å². The molecule has 0 aliphatic heterocycles. The van der Waals surface area contributed by atoms with Crippen molar-refractivity contribution in [3.63, 3.8) is 0 Å². The van der Waals surface area contributed by atoms with Gasteiger partial charge in [-0.3, -0.25) is 4.68 Å². The van der Waals surface area contributed by atoms with Crippen LogP contribution in [0.5, 0.6) is 0 Å². The van der Waals surface area contributed by atoms with Crippen LogP contribution in [0.4, 0.5) is 0 Å². The van der Waals surface area contributed by atoms with E-state index < -0.39 is 0 Å². The summed E-state index contributed by atoms with van der Waals surface area (Å²) in [4.78, 5) is 0. The number of aromatic nitrogens is 2. The van der Waals surface area contributed by atoms with Crippen LogP contribution >= 0.6 is 0 Å². The minimum Gasteiger partial charge on any atom is -0.468 e. The van der Waals surface area contributed by atoms with E-state index in [0.717, 1.165) is 18.8 Å². The van der Waals surface area contributed by atoms with Crippen LogP contribution in [-0.4, -0.2) is 15.8 Å². The van der Waals surface area contributed by atoms with E-state index in [1.807, 2.05) is 23.0 Å². The number of hydrogen-bond acceptors (Lipinski definition) is 3. The highest BCUT2D eigenvalue weighted by Gasteiger charge is 2.21. The molecular formula is C12H15N3O. The molecule has 4 heteroatoms. The van der Waals surface area contributed by atoms with Gasteiger partial charge in [-0.05, 0) is 25.0 Å². The lowest BCUT2D eigenvalue weighted by Crippen LogP contribution is -2.16. The minimum atomic E-state index is 0.711. The predicted molar refractivity (Wildman–Crippen MR) is 59.9 cm³/mol. The van der Waals surface area contributed by atoms with E-state index in [9.17, 15) is 0 Å². The predicted octanol–water partition coefficient (Wildman–Crippen LogP) is 1.78. The third-order valence-electron chi connectivity index (χ3n) is 2.86. The molecule has 0 atom stereocenters. The monoisotopic (exact) mass is 217 g/mol. The van der Waals surface area contributed by atoms with Crippen molar-refractivity contribution in [2.45, 2.75) is 32.0 Å². The van der Waals surface area contributed by atoms with Crippen LogP contribution in [0.1, 0.15) is 24.2 Å². The van der Waals surface area contributed by atoms with Gasteiger partial charge < -0.3 is 9.73 Å². The number of hydrogen-bond donors (Lipinski definition) is 1. The van der Waals surface area contributed by atoms with Gasteiger partial charge >= 0.3 is 0 Å². The molecule has 0 amide bonds. The Balaban J connectivity index is 1.66. The molecule has 16 heavy (non-hydrogen) atoms. The summed E-state index contributed by atoms with van der Waals surface area (Å²) < 4.78 is 7.40. The zero-order chi connectivity index (χ0) is 10.8. The summed E-state index contributed by atoms with van der Waals surface area (Å²) in [7, 11) is 0. The molecule has 3 rings (SSSR count). The second-order valence-corrected chi connectivity index (χ2v) is 4.23. The van der Waals surface area contributed by atoms with Crippen LogP contribution in [0.2, 0.25) is 0 Å². The lowest BCUT2D eigenvalue weighted by atomic mass is 10.2. The lowest BCUT2D eigenvalue weighted by molar-refractivity contribution is 0.474. The Morgan fingerprint density at radius 3 is 3.19 bits per heavy atom. The van der Waals surface area contributed by atoms with Crippen molar-refractivity contribution in [1.29, 1.82) is 0 Å². The van der Waals surface area contributed by atoms with E-state index in [2.05, 4.69) is 10.4 Å². The third-order valence-corrected chi connectivity index (χ3v) is 2.86. The maximum Gasteiger partial charge on any atom is 0.122 e. The van der Waals surface area contributed by atoms with E-state index in [1.165, 1.54) is 18.4 Å². The minimum absolute atomic E-state index is 0.711. The van der Waals surface area contributed by atoms with E-state index in [4.69, 9.17) is 4.42 Å². The molecule has 1 aliphatic carbocycles. The Labute approximate surface area is 94.3 Å². The molecule has 1 aliphatic rings. The van der Waals surface area contributed by atoms with Crippen LogP contribution in [0.3, 0.4) is 0 Å². The SMILES string of the molecule is c1cnn(Cc2ccoc2CNC2CC2)c1. The zero-order valence-corrected chi connectivity index (χ0v) is 9.10. The first kappa shape index (κ1) is 9.66. The van der Waals surface area contributed by atoms with Gasteiger partial charge in [0.1, 0.15) is 5.76 Å². The van der Waals surface area contributed by atoms with Gasteiger partial charge in [0, 0.05) is 24.0 Å². The fourth-order valence-electron chi connectivity index (χ4n) is 1.76. The van der Waals surface area contributed by atoms with Crippen LogP contribution < -0.4 is 5.32 Å². The molecule has 0 bridgehead atoms.